The standard InChI is InChI=1S/C14H19N3O3/c1-3-17-12(8-9(2)16-17)15-13(18)10-6-4-5-7-11(10)14(19)20/h4-5,8,10-11H,3,6-7H2,1-2H3,(H,15,18)(H,19,20). The van der Waals surface area contributed by atoms with Gasteiger partial charge in [0.25, 0.3) is 0 Å². The highest BCUT2D eigenvalue weighted by molar-refractivity contribution is 5.94. The fourth-order valence-corrected chi connectivity index (χ4v) is 2.48. The molecule has 1 amide bonds. The van der Waals surface area contributed by atoms with Crippen LogP contribution in [0.1, 0.15) is 25.5 Å². The predicted octanol–water partition coefficient (Wildman–Crippen LogP) is 1.82. The first-order valence-corrected chi connectivity index (χ1v) is 6.76. The molecule has 1 heterocycles. The minimum Gasteiger partial charge on any atom is -0.481 e. The molecule has 20 heavy (non-hydrogen) atoms. The zero-order chi connectivity index (χ0) is 14.7. The number of carboxylic acids is 1. The number of carbonyl (C=O) groups is 2. The summed E-state index contributed by atoms with van der Waals surface area (Å²) in [5.41, 5.74) is 0.820. The molecule has 1 aromatic heterocycles. The first-order valence-electron chi connectivity index (χ1n) is 6.76. The van der Waals surface area contributed by atoms with Crippen LogP contribution in [0.4, 0.5) is 5.82 Å². The van der Waals surface area contributed by atoms with Crippen LogP contribution in [0.25, 0.3) is 0 Å². The topological polar surface area (TPSA) is 84.2 Å². The highest BCUT2D eigenvalue weighted by Crippen LogP contribution is 2.27. The Morgan fingerprint density at radius 3 is 2.65 bits per heavy atom. The maximum Gasteiger partial charge on any atom is 0.307 e. The van der Waals surface area contributed by atoms with Gasteiger partial charge in [0.05, 0.1) is 17.5 Å². The van der Waals surface area contributed by atoms with Crippen molar-refractivity contribution in [2.75, 3.05) is 5.32 Å². The van der Waals surface area contributed by atoms with Gasteiger partial charge in [0.1, 0.15) is 5.82 Å². The van der Waals surface area contributed by atoms with Crippen molar-refractivity contribution in [2.24, 2.45) is 11.8 Å². The number of allylic oxidation sites excluding steroid dienone is 2. The van der Waals surface area contributed by atoms with E-state index in [0.29, 0.717) is 25.2 Å². The lowest BCUT2D eigenvalue weighted by Crippen LogP contribution is -2.35. The third-order valence-corrected chi connectivity index (χ3v) is 3.54. The van der Waals surface area contributed by atoms with E-state index in [1.54, 1.807) is 10.7 Å². The maximum atomic E-state index is 12.3. The number of aromatic nitrogens is 2. The van der Waals surface area contributed by atoms with Crippen molar-refractivity contribution in [1.82, 2.24) is 9.78 Å². The van der Waals surface area contributed by atoms with Crippen molar-refractivity contribution in [3.63, 3.8) is 0 Å². The molecule has 108 valence electrons. The Bertz CT molecular complexity index is 548. The summed E-state index contributed by atoms with van der Waals surface area (Å²) >= 11 is 0. The predicted molar refractivity (Wildman–Crippen MR) is 74.3 cm³/mol. The van der Waals surface area contributed by atoms with Gasteiger partial charge in [-0.1, -0.05) is 12.2 Å². The lowest BCUT2D eigenvalue weighted by molar-refractivity contribution is -0.146. The van der Waals surface area contributed by atoms with E-state index in [9.17, 15) is 14.7 Å². The number of carboxylic acid groups (broad SMARTS) is 1. The summed E-state index contributed by atoms with van der Waals surface area (Å²) in [5, 5.41) is 16.3. The third-order valence-electron chi connectivity index (χ3n) is 3.54. The van der Waals surface area contributed by atoms with Gasteiger partial charge < -0.3 is 10.4 Å². The molecule has 0 saturated carbocycles. The van der Waals surface area contributed by atoms with Crippen LogP contribution in [0.15, 0.2) is 18.2 Å². The second-order valence-electron chi connectivity index (χ2n) is 4.97. The summed E-state index contributed by atoms with van der Waals surface area (Å²) in [4.78, 5) is 23.5. The Morgan fingerprint density at radius 1 is 1.40 bits per heavy atom. The summed E-state index contributed by atoms with van der Waals surface area (Å²) < 4.78 is 1.70. The Labute approximate surface area is 117 Å². The van der Waals surface area contributed by atoms with Crippen LogP contribution < -0.4 is 5.32 Å². The van der Waals surface area contributed by atoms with Crippen LogP contribution in [-0.2, 0) is 16.1 Å². The number of hydrogen-bond donors (Lipinski definition) is 2. The van der Waals surface area contributed by atoms with E-state index >= 15 is 0 Å². The van der Waals surface area contributed by atoms with Crippen LogP contribution in [0, 0.1) is 18.8 Å². The Kier molecular flexibility index (Phi) is 4.22. The van der Waals surface area contributed by atoms with Crippen molar-refractivity contribution in [1.29, 1.82) is 0 Å². The summed E-state index contributed by atoms with van der Waals surface area (Å²) in [6, 6.07) is 1.79. The quantitative estimate of drug-likeness (QED) is 0.822. The van der Waals surface area contributed by atoms with E-state index in [2.05, 4.69) is 10.4 Å². The van der Waals surface area contributed by atoms with E-state index in [1.807, 2.05) is 26.0 Å². The highest BCUT2D eigenvalue weighted by atomic mass is 16.4. The number of carbonyl (C=O) groups excluding carboxylic acids is 1. The van der Waals surface area contributed by atoms with Crippen LogP contribution in [0.2, 0.25) is 0 Å². The Hall–Kier alpha value is -2.11. The van der Waals surface area contributed by atoms with Gasteiger partial charge in [-0.25, -0.2) is 4.68 Å². The average molecular weight is 277 g/mol. The van der Waals surface area contributed by atoms with Gasteiger partial charge in [-0.3, -0.25) is 9.59 Å². The van der Waals surface area contributed by atoms with Crippen LogP contribution in [-0.4, -0.2) is 26.8 Å². The number of nitrogens with zero attached hydrogens (tertiary/aromatic N) is 2. The van der Waals surface area contributed by atoms with Crippen molar-refractivity contribution in [3.05, 3.63) is 23.9 Å². The van der Waals surface area contributed by atoms with Crippen LogP contribution in [0.3, 0.4) is 0 Å². The second-order valence-corrected chi connectivity index (χ2v) is 4.97. The number of hydrogen-bond acceptors (Lipinski definition) is 3. The Balaban J connectivity index is 2.14. The van der Waals surface area contributed by atoms with Gasteiger partial charge in [0.2, 0.25) is 5.91 Å². The summed E-state index contributed by atoms with van der Waals surface area (Å²) in [5.74, 6) is -1.74. The summed E-state index contributed by atoms with van der Waals surface area (Å²) in [6.07, 6.45) is 4.55. The maximum absolute atomic E-state index is 12.3. The molecule has 1 aromatic rings. The molecule has 0 bridgehead atoms. The lowest BCUT2D eigenvalue weighted by atomic mass is 9.82. The molecule has 1 aliphatic carbocycles. The second kappa shape index (κ2) is 5.90. The number of rotatable bonds is 4. The monoisotopic (exact) mass is 277 g/mol. The van der Waals surface area contributed by atoms with Crippen LogP contribution >= 0.6 is 0 Å². The van der Waals surface area contributed by atoms with E-state index in [0.717, 1.165) is 5.69 Å². The van der Waals surface area contributed by atoms with Crippen molar-refractivity contribution in [2.45, 2.75) is 33.2 Å². The number of aryl methyl sites for hydroxylation is 2. The number of nitrogens with one attached hydrogen (secondary N) is 1. The minimum absolute atomic E-state index is 0.253. The Morgan fingerprint density at radius 2 is 2.05 bits per heavy atom. The number of amides is 1. The molecule has 6 heteroatoms. The molecule has 2 N–H and O–H groups in total. The lowest BCUT2D eigenvalue weighted by Gasteiger charge is -2.24. The molecule has 0 saturated heterocycles. The molecule has 2 atom stereocenters. The molecular formula is C14H19N3O3. The largest absolute Gasteiger partial charge is 0.481 e. The van der Waals surface area contributed by atoms with E-state index in [4.69, 9.17) is 0 Å². The molecule has 2 rings (SSSR count). The molecule has 2 unspecified atom stereocenters. The first-order chi connectivity index (χ1) is 9.52. The first kappa shape index (κ1) is 14.3. The molecule has 0 aromatic carbocycles. The highest BCUT2D eigenvalue weighted by Gasteiger charge is 2.34. The van der Waals surface area contributed by atoms with E-state index in [1.165, 1.54) is 0 Å². The zero-order valence-electron chi connectivity index (χ0n) is 11.7. The van der Waals surface area contributed by atoms with Crippen molar-refractivity contribution in [3.8, 4) is 0 Å². The molecule has 0 fully saturated rings. The average Bonchev–Trinajstić information content (AvgIpc) is 2.78. The van der Waals surface area contributed by atoms with E-state index in [-0.39, 0.29) is 5.91 Å². The molecule has 0 spiro atoms. The minimum atomic E-state index is -0.922. The third kappa shape index (κ3) is 2.89. The molecule has 0 radical (unpaired) electrons. The van der Waals surface area contributed by atoms with Crippen molar-refractivity contribution < 1.29 is 14.7 Å². The fourth-order valence-electron chi connectivity index (χ4n) is 2.48. The zero-order valence-corrected chi connectivity index (χ0v) is 11.7. The smallest absolute Gasteiger partial charge is 0.307 e. The van der Waals surface area contributed by atoms with Crippen LogP contribution in [0.5, 0.6) is 0 Å². The van der Waals surface area contributed by atoms with Gasteiger partial charge >= 0.3 is 5.97 Å². The number of anilines is 1. The molecular weight excluding hydrogens is 258 g/mol. The van der Waals surface area contributed by atoms with Gasteiger partial charge in [0.15, 0.2) is 0 Å². The molecule has 1 aliphatic rings. The molecule has 0 aliphatic heterocycles. The van der Waals surface area contributed by atoms with E-state index < -0.39 is 17.8 Å². The summed E-state index contributed by atoms with van der Waals surface area (Å²) in [7, 11) is 0. The van der Waals surface area contributed by atoms with Crippen molar-refractivity contribution >= 4 is 17.7 Å². The fraction of sp³-hybridized carbons (Fsp3) is 0.500. The summed E-state index contributed by atoms with van der Waals surface area (Å²) in [6.45, 7) is 4.44. The molecule has 6 nitrogen and oxygen atoms in total. The van der Waals surface area contributed by atoms with Gasteiger partial charge in [-0.15, -0.1) is 0 Å². The van der Waals surface area contributed by atoms with Gasteiger partial charge in [-0.05, 0) is 26.7 Å². The SMILES string of the molecule is CCn1nc(C)cc1NC(=O)C1CC=CCC1C(=O)O. The normalized spacial score (nSPS) is 21.7. The van der Waals surface area contributed by atoms with Gasteiger partial charge in [0, 0.05) is 12.6 Å². The number of aliphatic carboxylic acids is 1. The van der Waals surface area contributed by atoms with Gasteiger partial charge in [-0.2, -0.15) is 5.10 Å².